The Morgan fingerprint density at radius 1 is 1.22 bits per heavy atom. The molecule has 0 amide bonds. The Labute approximate surface area is 137 Å². The van der Waals surface area contributed by atoms with Gasteiger partial charge in [-0.3, -0.25) is 4.68 Å². The van der Waals surface area contributed by atoms with Crippen LogP contribution in [0.4, 0.5) is 5.82 Å². The zero-order valence-corrected chi connectivity index (χ0v) is 14.4. The maximum Gasteiger partial charge on any atom is 0.132 e. The van der Waals surface area contributed by atoms with E-state index in [-0.39, 0.29) is 6.10 Å². The summed E-state index contributed by atoms with van der Waals surface area (Å²) in [5, 5.41) is 4.54. The van der Waals surface area contributed by atoms with Crippen LogP contribution in [0.15, 0.2) is 12.1 Å². The molecule has 1 atom stereocenters. The number of anilines is 1. The largest absolute Gasteiger partial charge is 0.373 e. The maximum absolute atomic E-state index is 5.94. The molecule has 0 aliphatic carbocycles. The minimum absolute atomic E-state index is 0.127. The predicted octanol–water partition coefficient (Wildman–Crippen LogP) is 2.07. The quantitative estimate of drug-likeness (QED) is 0.864. The van der Waals surface area contributed by atoms with E-state index in [4.69, 9.17) is 4.74 Å². The van der Waals surface area contributed by atoms with Crippen LogP contribution in [0.5, 0.6) is 0 Å². The second-order valence-corrected chi connectivity index (χ2v) is 6.17. The molecular weight excluding hydrogens is 290 g/mol. The van der Waals surface area contributed by atoms with E-state index in [2.05, 4.69) is 45.9 Å². The summed E-state index contributed by atoms with van der Waals surface area (Å²) in [6.07, 6.45) is 1.05. The maximum atomic E-state index is 5.94. The molecule has 0 spiro atoms. The molecule has 0 N–H and O–H groups in total. The third-order valence-corrected chi connectivity index (χ3v) is 4.18. The van der Waals surface area contributed by atoms with Crippen LogP contribution in [0, 0.1) is 20.8 Å². The highest BCUT2D eigenvalue weighted by atomic mass is 16.5. The van der Waals surface area contributed by atoms with Crippen LogP contribution >= 0.6 is 0 Å². The smallest absolute Gasteiger partial charge is 0.132 e. The van der Waals surface area contributed by atoms with Gasteiger partial charge in [-0.25, -0.2) is 9.97 Å². The Morgan fingerprint density at radius 2 is 2.04 bits per heavy atom. The van der Waals surface area contributed by atoms with Crippen molar-refractivity contribution in [1.29, 1.82) is 0 Å². The normalized spacial score (nSPS) is 18.4. The molecule has 1 unspecified atom stereocenters. The van der Waals surface area contributed by atoms with Gasteiger partial charge in [0.25, 0.3) is 0 Å². The molecular formula is C17H25N5O. The summed E-state index contributed by atoms with van der Waals surface area (Å²) in [5.74, 6) is 1.84. The van der Waals surface area contributed by atoms with E-state index in [0.717, 1.165) is 49.1 Å². The van der Waals surface area contributed by atoms with Crippen LogP contribution in [0.1, 0.15) is 29.8 Å². The lowest BCUT2D eigenvalue weighted by Gasteiger charge is -2.34. The fourth-order valence-electron chi connectivity index (χ4n) is 3.05. The van der Waals surface area contributed by atoms with Gasteiger partial charge in [0.2, 0.25) is 0 Å². The van der Waals surface area contributed by atoms with Gasteiger partial charge in [0.15, 0.2) is 0 Å². The van der Waals surface area contributed by atoms with Gasteiger partial charge in [-0.05, 0) is 33.3 Å². The molecule has 23 heavy (non-hydrogen) atoms. The lowest BCUT2D eigenvalue weighted by molar-refractivity contribution is 0.0267. The average Bonchev–Trinajstić information content (AvgIpc) is 2.84. The highest BCUT2D eigenvalue weighted by Gasteiger charge is 2.23. The van der Waals surface area contributed by atoms with Gasteiger partial charge in [-0.2, -0.15) is 5.10 Å². The number of morpholine rings is 1. The SMILES string of the molecule is CCc1cc(N2CCOC(Cn3nc(C)cc3C)C2)nc(C)n1. The van der Waals surface area contributed by atoms with E-state index in [1.54, 1.807) is 0 Å². The zero-order valence-electron chi connectivity index (χ0n) is 14.4. The number of aryl methyl sites for hydroxylation is 4. The number of rotatable bonds is 4. The van der Waals surface area contributed by atoms with Crippen molar-refractivity contribution in [2.45, 2.75) is 46.8 Å². The Bertz CT molecular complexity index is 682. The third kappa shape index (κ3) is 3.69. The van der Waals surface area contributed by atoms with Gasteiger partial charge in [0.05, 0.1) is 24.9 Å². The monoisotopic (exact) mass is 315 g/mol. The van der Waals surface area contributed by atoms with Crippen molar-refractivity contribution in [3.05, 3.63) is 35.0 Å². The van der Waals surface area contributed by atoms with Crippen LogP contribution in [0.2, 0.25) is 0 Å². The lowest BCUT2D eigenvalue weighted by Crippen LogP contribution is -2.45. The van der Waals surface area contributed by atoms with Crippen molar-refractivity contribution in [3.63, 3.8) is 0 Å². The third-order valence-electron chi connectivity index (χ3n) is 4.18. The van der Waals surface area contributed by atoms with Gasteiger partial charge in [0, 0.05) is 30.5 Å². The first-order chi connectivity index (χ1) is 11.0. The molecule has 3 rings (SSSR count). The molecule has 6 nitrogen and oxygen atoms in total. The minimum Gasteiger partial charge on any atom is -0.373 e. The fraction of sp³-hybridized carbons (Fsp3) is 0.588. The molecule has 0 bridgehead atoms. The van der Waals surface area contributed by atoms with Crippen molar-refractivity contribution in [2.75, 3.05) is 24.6 Å². The van der Waals surface area contributed by atoms with Crippen molar-refractivity contribution in [1.82, 2.24) is 19.7 Å². The second kappa shape index (κ2) is 6.66. The molecule has 1 fully saturated rings. The van der Waals surface area contributed by atoms with Crippen LogP contribution in [-0.4, -0.2) is 45.5 Å². The van der Waals surface area contributed by atoms with Crippen molar-refractivity contribution < 1.29 is 4.74 Å². The summed E-state index contributed by atoms with van der Waals surface area (Å²) in [6, 6.07) is 4.20. The fourth-order valence-corrected chi connectivity index (χ4v) is 3.05. The van der Waals surface area contributed by atoms with E-state index in [0.29, 0.717) is 6.61 Å². The molecule has 1 saturated heterocycles. The minimum atomic E-state index is 0.127. The summed E-state index contributed by atoms with van der Waals surface area (Å²) in [4.78, 5) is 11.4. The molecule has 1 aliphatic rings. The van der Waals surface area contributed by atoms with E-state index < -0.39 is 0 Å². The summed E-state index contributed by atoms with van der Waals surface area (Å²) < 4.78 is 7.97. The molecule has 1 aliphatic heterocycles. The molecule has 0 radical (unpaired) electrons. The number of aromatic nitrogens is 4. The second-order valence-electron chi connectivity index (χ2n) is 6.17. The number of hydrogen-bond donors (Lipinski definition) is 0. The Hall–Kier alpha value is -1.95. The Morgan fingerprint density at radius 3 is 2.74 bits per heavy atom. The molecule has 3 heterocycles. The average molecular weight is 315 g/mol. The Balaban J connectivity index is 1.73. The first-order valence-electron chi connectivity index (χ1n) is 8.27. The molecule has 2 aromatic heterocycles. The van der Waals surface area contributed by atoms with Crippen molar-refractivity contribution in [2.24, 2.45) is 0 Å². The zero-order chi connectivity index (χ0) is 16.4. The van der Waals surface area contributed by atoms with Gasteiger partial charge in [-0.1, -0.05) is 6.92 Å². The first kappa shape index (κ1) is 15.9. The van der Waals surface area contributed by atoms with E-state index in [1.807, 2.05) is 18.5 Å². The summed E-state index contributed by atoms with van der Waals surface area (Å²) in [6.45, 7) is 11.4. The number of ether oxygens (including phenoxy) is 1. The molecule has 0 aromatic carbocycles. The highest BCUT2D eigenvalue weighted by molar-refractivity contribution is 5.40. The van der Waals surface area contributed by atoms with E-state index in [1.165, 1.54) is 5.69 Å². The van der Waals surface area contributed by atoms with Crippen LogP contribution in [-0.2, 0) is 17.7 Å². The van der Waals surface area contributed by atoms with E-state index >= 15 is 0 Å². The molecule has 124 valence electrons. The lowest BCUT2D eigenvalue weighted by atomic mass is 10.2. The van der Waals surface area contributed by atoms with Gasteiger partial charge in [0.1, 0.15) is 11.6 Å². The van der Waals surface area contributed by atoms with Crippen LogP contribution in [0.3, 0.4) is 0 Å². The van der Waals surface area contributed by atoms with Crippen LogP contribution < -0.4 is 4.90 Å². The van der Waals surface area contributed by atoms with Crippen LogP contribution in [0.25, 0.3) is 0 Å². The van der Waals surface area contributed by atoms with Crippen molar-refractivity contribution >= 4 is 5.82 Å². The topological polar surface area (TPSA) is 56.1 Å². The first-order valence-corrected chi connectivity index (χ1v) is 8.27. The number of hydrogen-bond acceptors (Lipinski definition) is 5. The van der Waals surface area contributed by atoms with Gasteiger partial charge in [-0.15, -0.1) is 0 Å². The van der Waals surface area contributed by atoms with Gasteiger partial charge < -0.3 is 9.64 Å². The molecule has 2 aromatic rings. The van der Waals surface area contributed by atoms with Crippen molar-refractivity contribution in [3.8, 4) is 0 Å². The molecule has 0 saturated carbocycles. The molecule has 6 heteroatoms. The summed E-state index contributed by atoms with van der Waals surface area (Å²) >= 11 is 0. The number of nitrogens with zero attached hydrogens (tertiary/aromatic N) is 5. The standard InChI is InChI=1S/C17H25N5O/c1-5-15-9-17(19-14(4)18-15)21-6-7-23-16(10-21)11-22-13(3)8-12(2)20-22/h8-9,16H,5-7,10-11H2,1-4H3. The van der Waals surface area contributed by atoms with Gasteiger partial charge >= 0.3 is 0 Å². The highest BCUT2D eigenvalue weighted by Crippen LogP contribution is 2.18. The predicted molar refractivity (Wildman–Crippen MR) is 89.8 cm³/mol. The summed E-state index contributed by atoms with van der Waals surface area (Å²) in [5.41, 5.74) is 3.32. The summed E-state index contributed by atoms with van der Waals surface area (Å²) in [7, 11) is 0. The Kier molecular flexibility index (Phi) is 4.61. The van der Waals surface area contributed by atoms with E-state index in [9.17, 15) is 0 Å².